The van der Waals surface area contributed by atoms with E-state index in [0.717, 1.165) is 12.2 Å². The van der Waals surface area contributed by atoms with Crippen LogP contribution >= 0.6 is 0 Å². The first kappa shape index (κ1) is 10.7. The smallest absolute Gasteiger partial charge is 0.120 e. The van der Waals surface area contributed by atoms with E-state index in [1.807, 2.05) is 12.1 Å². The van der Waals surface area contributed by atoms with E-state index in [2.05, 4.69) is 12.2 Å². The Balaban J connectivity index is 1.90. The lowest BCUT2D eigenvalue weighted by atomic mass is 9.90. The molecule has 3 atom stereocenters. The van der Waals surface area contributed by atoms with E-state index in [0.29, 0.717) is 12.1 Å². The second-order valence-corrected chi connectivity index (χ2v) is 4.46. The van der Waals surface area contributed by atoms with Crippen LogP contribution in [-0.2, 0) is 0 Å². The highest BCUT2D eigenvalue weighted by Gasteiger charge is 2.23. The fourth-order valence-corrected chi connectivity index (χ4v) is 2.31. The van der Waals surface area contributed by atoms with E-state index < -0.39 is 0 Å². The van der Waals surface area contributed by atoms with Crippen molar-refractivity contribution >= 4 is 0 Å². The number of nitrogens with two attached hydrogens (primary N) is 1. The number of furan rings is 1. The maximum atomic E-state index is 6.09. The molecular formula is C12H20N2O. The summed E-state index contributed by atoms with van der Waals surface area (Å²) in [6.45, 7) is 2.13. The van der Waals surface area contributed by atoms with Crippen LogP contribution in [0.1, 0.15) is 44.4 Å². The van der Waals surface area contributed by atoms with Crippen LogP contribution in [0.4, 0.5) is 0 Å². The standard InChI is InChI=1S/C12H20N2O/c1-9(12-7-4-8-15-12)14-11-6-3-2-5-10(11)13/h4,7-11,14H,2-3,5-6,13H2,1H3/t9-,10-,11+/m0/s1. The lowest BCUT2D eigenvalue weighted by Gasteiger charge is -2.31. The molecule has 84 valence electrons. The molecule has 0 bridgehead atoms. The molecule has 1 aromatic rings. The molecule has 3 heteroatoms. The second kappa shape index (κ2) is 4.81. The van der Waals surface area contributed by atoms with Crippen molar-refractivity contribution in [3.8, 4) is 0 Å². The van der Waals surface area contributed by atoms with Gasteiger partial charge in [-0.25, -0.2) is 0 Å². The summed E-state index contributed by atoms with van der Waals surface area (Å²) in [4.78, 5) is 0. The van der Waals surface area contributed by atoms with Crippen LogP contribution in [0.3, 0.4) is 0 Å². The monoisotopic (exact) mass is 208 g/mol. The first-order valence-corrected chi connectivity index (χ1v) is 5.82. The Morgan fingerprint density at radius 2 is 2.27 bits per heavy atom. The molecule has 0 aliphatic heterocycles. The first-order valence-electron chi connectivity index (χ1n) is 5.82. The summed E-state index contributed by atoms with van der Waals surface area (Å²) in [6.07, 6.45) is 6.60. The number of nitrogens with one attached hydrogen (secondary N) is 1. The van der Waals surface area contributed by atoms with Crippen LogP contribution in [0.25, 0.3) is 0 Å². The van der Waals surface area contributed by atoms with Crippen molar-refractivity contribution in [2.45, 2.75) is 50.7 Å². The van der Waals surface area contributed by atoms with Gasteiger partial charge in [0.1, 0.15) is 5.76 Å². The molecular weight excluding hydrogens is 188 g/mol. The zero-order chi connectivity index (χ0) is 10.7. The predicted molar refractivity (Wildman–Crippen MR) is 60.5 cm³/mol. The van der Waals surface area contributed by atoms with E-state index in [1.54, 1.807) is 6.26 Å². The molecule has 0 unspecified atom stereocenters. The highest BCUT2D eigenvalue weighted by Crippen LogP contribution is 2.21. The fraction of sp³-hybridized carbons (Fsp3) is 0.667. The lowest BCUT2D eigenvalue weighted by Crippen LogP contribution is -2.47. The summed E-state index contributed by atoms with van der Waals surface area (Å²) in [7, 11) is 0. The van der Waals surface area contributed by atoms with Gasteiger partial charge in [-0.3, -0.25) is 0 Å². The third-order valence-corrected chi connectivity index (χ3v) is 3.25. The minimum atomic E-state index is 0.258. The molecule has 1 aromatic heterocycles. The van der Waals surface area contributed by atoms with Gasteiger partial charge in [0.15, 0.2) is 0 Å². The molecule has 0 spiro atoms. The summed E-state index contributed by atoms with van der Waals surface area (Å²) in [5.41, 5.74) is 6.09. The van der Waals surface area contributed by atoms with Crippen LogP contribution in [0.5, 0.6) is 0 Å². The van der Waals surface area contributed by atoms with Gasteiger partial charge in [0.2, 0.25) is 0 Å². The van der Waals surface area contributed by atoms with Crippen molar-refractivity contribution in [2.75, 3.05) is 0 Å². The largest absolute Gasteiger partial charge is 0.468 e. The maximum Gasteiger partial charge on any atom is 0.120 e. The lowest BCUT2D eigenvalue weighted by molar-refractivity contribution is 0.291. The van der Waals surface area contributed by atoms with Crippen molar-refractivity contribution in [3.05, 3.63) is 24.2 Å². The van der Waals surface area contributed by atoms with Crippen LogP contribution in [0.15, 0.2) is 22.8 Å². The Morgan fingerprint density at radius 3 is 2.93 bits per heavy atom. The van der Waals surface area contributed by atoms with Gasteiger partial charge in [0.05, 0.1) is 12.3 Å². The normalized spacial score (nSPS) is 28.9. The first-order chi connectivity index (χ1) is 7.27. The molecule has 3 nitrogen and oxygen atoms in total. The predicted octanol–water partition coefficient (Wildman–Crippen LogP) is 2.20. The van der Waals surface area contributed by atoms with Gasteiger partial charge in [-0.05, 0) is 31.9 Å². The zero-order valence-corrected chi connectivity index (χ0v) is 9.28. The molecule has 1 saturated carbocycles. The molecule has 1 aliphatic carbocycles. The number of hydrogen-bond acceptors (Lipinski definition) is 3. The SMILES string of the molecule is C[C@H](N[C@@H]1CCCC[C@@H]1N)c1ccco1. The molecule has 0 amide bonds. The molecule has 1 heterocycles. The van der Waals surface area contributed by atoms with E-state index in [-0.39, 0.29) is 6.04 Å². The van der Waals surface area contributed by atoms with Gasteiger partial charge in [0.25, 0.3) is 0 Å². The number of rotatable bonds is 3. The Hall–Kier alpha value is -0.800. The molecule has 0 radical (unpaired) electrons. The minimum absolute atomic E-state index is 0.258. The van der Waals surface area contributed by atoms with Gasteiger partial charge in [-0.15, -0.1) is 0 Å². The Kier molecular flexibility index (Phi) is 3.44. The average molecular weight is 208 g/mol. The molecule has 0 saturated heterocycles. The molecule has 1 fully saturated rings. The van der Waals surface area contributed by atoms with Gasteiger partial charge < -0.3 is 15.5 Å². The average Bonchev–Trinajstić information content (AvgIpc) is 2.74. The zero-order valence-electron chi connectivity index (χ0n) is 9.28. The molecule has 3 N–H and O–H groups in total. The summed E-state index contributed by atoms with van der Waals surface area (Å²) in [5, 5.41) is 3.55. The van der Waals surface area contributed by atoms with Gasteiger partial charge >= 0.3 is 0 Å². The summed E-state index contributed by atoms with van der Waals surface area (Å²) < 4.78 is 5.37. The van der Waals surface area contributed by atoms with Crippen molar-refractivity contribution in [3.63, 3.8) is 0 Å². The van der Waals surface area contributed by atoms with E-state index >= 15 is 0 Å². The minimum Gasteiger partial charge on any atom is -0.468 e. The van der Waals surface area contributed by atoms with Crippen LogP contribution < -0.4 is 11.1 Å². The molecule has 1 aliphatic rings. The highest BCUT2D eigenvalue weighted by molar-refractivity contribution is 5.04. The molecule has 15 heavy (non-hydrogen) atoms. The topological polar surface area (TPSA) is 51.2 Å². The third kappa shape index (κ3) is 2.61. The van der Waals surface area contributed by atoms with E-state index in [4.69, 9.17) is 10.2 Å². The third-order valence-electron chi connectivity index (χ3n) is 3.25. The number of hydrogen-bond donors (Lipinski definition) is 2. The Morgan fingerprint density at radius 1 is 1.47 bits per heavy atom. The maximum absolute atomic E-state index is 6.09. The van der Waals surface area contributed by atoms with Crippen molar-refractivity contribution in [1.82, 2.24) is 5.32 Å². The Labute approximate surface area is 91.0 Å². The van der Waals surface area contributed by atoms with Crippen molar-refractivity contribution in [2.24, 2.45) is 5.73 Å². The van der Waals surface area contributed by atoms with Crippen molar-refractivity contribution in [1.29, 1.82) is 0 Å². The highest BCUT2D eigenvalue weighted by atomic mass is 16.3. The van der Waals surface area contributed by atoms with Crippen LogP contribution in [0, 0.1) is 0 Å². The summed E-state index contributed by atoms with van der Waals surface area (Å²) in [5.74, 6) is 0.993. The quantitative estimate of drug-likeness (QED) is 0.800. The van der Waals surface area contributed by atoms with Gasteiger partial charge in [0, 0.05) is 12.1 Å². The summed E-state index contributed by atoms with van der Waals surface area (Å²) >= 11 is 0. The molecule has 0 aromatic carbocycles. The van der Waals surface area contributed by atoms with Crippen LogP contribution in [0.2, 0.25) is 0 Å². The van der Waals surface area contributed by atoms with E-state index in [1.165, 1.54) is 19.3 Å². The van der Waals surface area contributed by atoms with Crippen molar-refractivity contribution < 1.29 is 4.42 Å². The fourth-order valence-electron chi connectivity index (χ4n) is 2.31. The van der Waals surface area contributed by atoms with E-state index in [9.17, 15) is 0 Å². The summed E-state index contributed by atoms with van der Waals surface area (Å²) in [6, 6.07) is 4.93. The molecule has 2 rings (SSSR count). The second-order valence-electron chi connectivity index (χ2n) is 4.46. The Bertz CT molecular complexity index is 284. The van der Waals surface area contributed by atoms with Gasteiger partial charge in [-0.2, -0.15) is 0 Å². The van der Waals surface area contributed by atoms with Crippen LogP contribution in [-0.4, -0.2) is 12.1 Å². The van der Waals surface area contributed by atoms with Gasteiger partial charge in [-0.1, -0.05) is 12.8 Å².